The molecule has 1 heterocycles. The van der Waals surface area contributed by atoms with Crippen molar-refractivity contribution in [3.05, 3.63) is 23.8 Å². The predicted molar refractivity (Wildman–Crippen MR) is 102 cm³/mol. The Kier molecular flexibility index (Phi) is 7.87. The molecule has 0 spiro atoms. The van der Waals surface area contributed by atoms with Gasteiger partial charge in [0.2, 0.25) is 11.8 Å². The van der Waals surface area contributed by atoms with E-state index in [1.165, 1.54) is 0 Å². The van der Waals surface area contributed by atoms with Crippen molar-refractivity contribution in [2.45, 2.75) is 39.3 Å². The number of hydrazine groups is 1. The van der Waals surface area contributed by atoms with E-state index in [1.54, 1.807) is 7.11 Å². The molecule has 1 fully saturated rings. The fourth-order valence-electron chi connectivity index (χ4n) is 2.98. The lowest BCUT2D eigenvalue weighted by molar-refractivity contribution is -0.134. The van der Waals surface area contributed by atoms with Crippen LogP contribution in [-0.2, 0) is 16.1 Å². The van der Waals surface area contributed by atoms with Crippen molar-refractivity contribution in [3.8, 4) is 11.5 Å². The molecule has 1 aromatic carbocycles. The summed E-state index contributed by atoms with van der Waals surface area (Å²) in [5, 5.41) is 2.80. The Morgan fingerprint density at radius 1 is 1.41 bits per heavy atom. The van der Waals surface area contributed by atoms with E-state index in [0.29, 0.717) is 43.7 Å². The molecule has 0 aliphatic carbocycles. The number of ether oxygens (including phenoxy) is 2. The number of nitrogens with one attached hydrogen (secondary N) is 2. The summed E-state index contributed by atoms with van der Waals surface area (Å²) in [6, 6.07) is 5.22. The molecular weight excluding hydrogens is 348 g/mol. The zero-order valence-electron chi connectivity index (χ0n) is 16.3. The fraction of sp³-hybridized carbons (Fsp3) is 0.579. The average Bonchev–Trinajstić information content (AvgIpc) is 2.65. The highest BCUT2D eigenvalue weighted by Crippen LogP contribution is 2.29. The molecule has 4 N–H and O–H groups in total. The number of carbonyl (C=O) groups is 2. The standard InChI is InChI=1S/C19H30N4O4/c1-13(2)6-9-27-16-5-4-14(10-17(16)26-3)12-23-8-7-21-19(25)15(23)11-18(24)22-20/h4-5,10,13,15H,6-9,11-12,20H2,1-3H3,(H,21,25)(H,22,24). The summed E-state index contributed by atoms with van der Waals surface area (Å²) in [5.74, 6) is 6.58. The summed E-state index contributed by atoms with van der Waals surface area (Å²) in [7, 11) is 1.61. The van der Waals surface area contributed by atoms with Crippen LogP contribution in [0, 0.1) is 5.92 Å². The number of hydrogen-bond donors (Lipinski definition) is 3. The Morgan fingerprint density at radius 2 is 2.19 bits per heavy atom. The van der Waals surface area contributed by atoms with Crippen LogP contribution < -0.4 is 26.1 Å². The summed E-state index contributed by atoms with van der Waals surface area (Å²) in [4.78, 5) is 25.8. The second-order valence-corrected chi connectivity index (χ2v) is 7.07. The van der Waals surface area contributed by atoms with Crippen LogP contribution in [0.2, 0.25) is 0 Å². The van der Waals surface area contributed by atoms with Gasteiger partial charge in [-0.25, -0.2) is 5.84 Å². The molecule has 0 radical (unpaired) electrons. The van der Waals surface area contributed by atoms with Gasteiger partial charge >= 0.3 is 0 Å². The van der Waals surface area contributed by atoms with E-state index in [2.05, 4.69) is 24.6 Å². The van der Waals surface area contributed by atoms with Gasteiger partial charge in [-0.1, -0.05) is 19.9 Å². The molecule has 2 rings (SSSR count). The first-order valence-corrected chi connectivity index (χ1v) is 9.25. The van der Waals surface area contributed by atoms with Crippen LogP contribution in [0.5, 0.6) is 11.5 Å². The van der Waals surface area contributed by atoms with Crippen molar-refractivity contribution in [2.24, 2.45) is 11.8 Å². The van der Waals surface area contributed by atoms with Crippen molar-refractivity contribution in [1.29, 1.82) is 0 Å². The van der Waals surface area contributed by atoms with E-state index in [-0.39, 0.29) is 18.2 Å². The van der Waals surface area contributed by atoms with E-state index in [0.717, 1.165) is 12.0 Å². The highest BCUT2D eigenvalue weighted by Gasteiger charge is 2.31. The maximum absolute atomic E-state index is 12.2. The highest BCUT2D eigenvalue weighted by atomic mass is 16.5. The molecule has 0 bridgehead atoms. The van der Waals surface area contributed by atoms with Crippen LogP contribution in [0.25, 0.3) is 0 Å². The maximum Gasteiger partial charge on any atom is 0.237 e. The number of amides is 2. The third kappa shape index (κ3) is 6.11. The molecule has 2 amide bonds. The van der Waals surface area contributed by atoms with Gasteiger partial charge in [-0.2, -0.15) is 0 Å². The summed E-state index contributed by atoms with van der Waals surface area (Å²) < 4.78 is 11.3. The van der Waals surface area contributed by atoms with Gasteiger partial charge in [-0.05, 0) is 30.0 Å². The van der Waals surface area contributed by atoms with Crippen LogP contribution in [0.1, 0.15) is 32.3 Å². The number of methoxy groups -OCH3 is 1. The average molecular weight is 378 g/mol. The number of rotatable bonds is 9. The number of hydrogen-bond acceptors (Lipinski definition) is 6. The van der Waals surface area contributed by atoms with Crippen LogP contribution in [0.4, 0.5) is 0 Å². The number of piperazine rings is 1. The smallest absolute Gasteiger partial charge is 0.237 e. The van der Waals surface area contributed by atoms with Crippen molar-refractivity contribution in [3.63, 3.8) is 0 Å². The monoisotopic (exact) mass is 378 g/mol. The Morgan fingerprint density at radius 3 is 2.85 bits per heavy atom. The van der Waals surface area contributed by atoms with E-state index >= 15 is 0 Å². The van der Waals surface area contributed by atoms with E-state index < -0.39 is 6.04 Å². The second-order valence-electron chi connectivity index (χ2n) is 7.07. The summed E-state index contributed by atoms with van der Waals surface area (Å²) in [5.41, 5.74) is 3.07. The first-order valence-electron chi connectivity index (χ1n) is 9.25. The largest absolute Gasteiger partial charge is 0.493 e. The molecule has 1 unspecified atom stereocenters. The Balaban J connectivity index is 2.07. The summed E-state index contributed by atoms with van der Waals surface area (Å²) in [6.45, 7) is 6.67. The minimum Gasteiger partial charge on any atom is -0.493 e. The first-order chi connectivity index (χ1) is 12.9. The quantitative estimate of drug-likeness (QED) is 0.333. The van der Waals surface area contributed by atoms with Crippen molar-refractivity contribution < 1.29 is 19.1 Å². The van der Waals surface area contributed by atoms with Crippen LogP contribution in [0.3, 0.4) is 0 Å². The zero-order valence-corrected chi connectivity index (χ0v) is 16.3. The lowest BCUT2D eigenvalue weighted by atomic mass is 10.1. The summed E-state index contributed by atoms with van der Waals surface area (Å²) in [6.07, 6.45) is 0.995. The van der Waals surface area contributed by atoms with Gasteiger partial charge in [0.1, 0.15) is 0 Å². The molecule has 1 aliphatic heterocycles. The molecule has 0 saturated carbocycles. The molecule has 1 aromatic rings. The number of carbonyl (C=O) groups excluding carboxylic acids is 2. The minimum atomic E-state index is -0.546. The lowest BCUT2D eigenvalue weighted by Gasteiger charge is -2.34. The predicted octanol–water partition coefficient (Wildman–Crippen LogP) is 0.801. The van der Waals surface area contributed by atoms with Crippen LogP contribution in [-0.4, -0.2) is 49.6 Å². The normalized spacial score (nSPS) is 17.5. The second kappa shape index (κ2) is 10.1. The molecule has 1 aliphatic rings. The number of nitrogens with two attached hydrogens (primary N) is 1. The molecule has 0 aromatic heterocycles. The van der Waals surface area contributed by atoms with Crippen LogP contribution >= 0.6 is 0 Å². The molecule has 1 atom stereocenters. The molecule has 8 heteroatoms. The molecular formula is C19H30N4O4. The highest BCUT2D eigenvalue weighted by molar-refractivity contribution is 5.88. The first kappa shape index (κ1) is 21.0. The summed E-state index contributed by atoms with van der Waals surface area (Å²) >= 11 is 0. The van der Waals surface area contributed by atoms with Crippen molar-refractivity contribution in [2.75, 3.05) is 26.8 Å². The molecule has 27 heavy (non-hydrogen) atoms. The van der Waals surface area contributed by atoms with E-state index in [1.807, 2.05) is 23.1 Å². The maximum atomic E-state index is 12.2. The van der Waals surface area contributed by atoms with Crippen molar-refractivity contribution >= 4 is 11.8 Å². The number of nitrogens with zero attached hydrogens (tertiary/aromatic N) is 1. The zero-order chi connectivity index (χ0) is 19.8. The topological polar surface area (TPSA) is 106 Å². The SMILES string of the molecule is COc1cc(CN2CCNC(=O)C2CC(=O)NN)ccc1OCCC(C)C. The third-order valence-electron chi connectivity index (χ3n) is 4.55. The van der Waals surface area contributed by atoms with Gasteiger partial charge in [0.25, 0.3) is 0 Å². The Hall–Kier alpha value is -2.32. The van der Waals surface area contributed by atoms with Gasteiger partial charge < -0.3 is 14.8 Å². The Bertz CT molecular complexity index is 651. The van der Waals surface area contributed by atoms with Gasteiger partial charge in [-0.15, -0.1) is 0 Å². The van der Waals surface area contributed by atoms with Gasteiger partial charge in [0.15, 0.2) is 11.5 Å². The molecule has 1 saturated heterocycles. The number of benzene rings is 1. The molecule has 8 nitrogen and oxygen atoms in total. The molecule has 150 valence electrons. The van der Waals surface area contributed by atoms with Crippen LogP contribution in [0.15, 0.2) is 18.2 Å². The van der Waals surface area contributed by atoms with Gasteiger partial charge in [0.05, 0.1) is 26.2 Å². The minimum absolute atomic E-state index is 0.0237. The lowest BCUT2D eigenvalue weighted by Crippen LogP contribution is -2.56. The van der Waals surface area contributed by atoms with Gasteiger partial charge in [-0.3, -0.25) is 19.9 Å². The Labute approximate surface area is 160 Å². The van der Waals surface area contributed by atoms with Crippen molar-refractivity contribution in [1.82, 2.24) is 15.6 Å². The fourth-order valence-corrected chi connectivity index (χ4v) is 2.98. The third-order valence-corrected chi connectivity index (χ3v) is 4.55. The van der Waals surface area contributed by atoms with E-state index in [9.17, 15) is 9.59 Å². The van der Waals surface area contributed by atoms with Gasteiger partial charge in [0, 0.05) is 19.6 Å². The van der Waals surface area contributed by atoms with E-state index in [4.69, 9.17) is 15.3 Å².